The molecule has 0 amide bonds. The summed E-state index contributed by atoms with van der Waals surface area (Å²) >= 11 is 0. The first-order valence-corrected chi connectivity index (χ1v) is 3.92. The Bertz CT molecular complexity index is 28.4. The molecule has 0 radical (unpaired) electrons. The Labute approximate surface area is 66.6 Å². The van der Waals surface area contributed by atoms with Crippen molar-refractivity contribution in [3.05, 3.63) is 0 Å². The third-order valence-corrected chi connectivity index (χ3v) is 0.632. The summed E-state index contributed by atoms with van der Waals surface area (Å²) in [5.74, 6) is 0. The fraction of sp³-hybridized carbons (Fsp3) is 1.00. The van der Waals surface area contributed by atoms with Gasteiger partial charge in [0, 0.05) is 0 Å². The summed E-state index contributed by atoms with van der Waals surface area (Å²) in [4.78, 5) is 2.12. The quantitative estimate of drug-likeness (QED) is 0.605. The summed E-state index contributed by atoms with van der Waals surface area (Å²) < 4.78 is 0. The fourth-order valence-corrected chi connectivity index (χ4v) is 0. The first-order chi connectivity index (χ1) is 4.68. The molecule has 1 N–H and O–H groups in total. The van der Waals surface area contributed by atoms with Crippen LogP contribution in [0.25, 0.3) is 0 Å². The number of nitrogens with one attached hydrogen (secondary N) is 1. The van der Waals surface area contributed by atoms with Gasteiger partial charge in [0.2, 0.25) is 0 Å². The van der Waals surface area contributed by atoms with E-state index in [-0.39, 0.29) is 0 Å². The van der Waals surface area contributed by atoms with Gasteiger partial charge in [-0.1, -0.05) is 20.8 Å². The molecule has 0 aliphatic rings. The first kappa shape index (κ1) is 16.5. The van der Waals surface area contributed by atoms with Crippen molar-refractivity contribution in [1.82, 2.24) is 10.2 Å². The van der Waals surface area contributed by atoms with Crippen LogP contribution in [0.2, 0.25) is 0 Å². The van der Waals surface area contributed by atoms with E-state index in [0.29, 0.717) is 0 Å². The van der Waals surface area contributed by atoms with Crippen molar-refractivity contribution >= 4 is 0 Å². The SMILES string of the molecule is CC.CCN(C)C.CNC. The Hall–Kier alpha value is -0.0800. The molecule has 0 bridgehead atoms. The minimum absolute atomic E-state index is 1.14. The van der Waals surface area contributed by atoms with Crippen LogP contribution in [0.3, 0.4) is 0 Å². The van der Waals surface area contributed by atoms with Gasteiger partial charge in [-0.25, -0.2) is 0 Å². The van der Waals surface area contributed by atoms with Crippen LogP contribution in [-0.4, -0.2) is 39.6 Å². The highest BCUT2D eigenvalue weighted by Gasteiger charge is 1.72. The van der Waals surface area contributed by atoms with E-state index in [0.717, 1.165) is 6.54 Å². The van der Waals surface area contributed by atoms with Crippen LogP contribution in [-0.2, 0) is 0 Å². The van der Waals surface area contributed by atoms with Gasteiger partial charge in [-0.15, -0.1) is 0 Å². The summed E-state index contributed by atoms with van der Waals surface area (Å²) in [5, 5.41) is 2.75. The maximum atomic E-state index is 2.75. The van der Waals surface area contributed by atoms with Crippen molar-refractivity contribution in [1.29, 1.82) is 0 Å². The van der Waals surface area contributed by atoms with Gasteiger partial charge in [0.1, 0.15) is 0 Å². The third-order valence-electron chi connectivity index (χ3n) is 0.632. The Morgan fingerprint density at radius 2 is 1.20 bits per heavy atom. The molecule has 0 atom stereocenters. The van der Waals surface area contributed by atoms with Gasteiger partial charge in [0.05, 0.1) is 0 Å². The van der Waals surface area contributed by atoms with Gasteiger partial charge in [-0.2, -0.15) is 0 Å². The van der Waals surface area contributed by atoms with E-state index >= 15 is 0 Å². The lowest BCUT2D eigenvalue weighted by molar-refractivity contribution is 0.434. The lowest BCUT2D eigenvalue weighted by Gasteiger charge is -2.00. The van der Waals surface area contributed by atoms with Gasteiger partial charge >= 0.3 is 0 Å². The topological polar surface area (TPSA) is 15.3 Å². The summed E-state index contributed by atoms with van der Waals surface area (Å²) in [6, 6.07) is 0. The number of rotatable bonds is 1. The van der Waals surface area contributed by atoms with E-state index < -0.39 is 0 Å². The van der Waals surface area contributed by atoms with Crippen molar-refractivity contribution in [3.8, 4) is 0 Å². The first-order valence-electron chi connectivity index (χ1n) is 3.92. The van der Waals surface area contributed by atoms with E-state index in [4.69, 9.17) is 0 Å². The predicted molar refractivity (Wildman–Crippen MR) is 50.6 cm³/mol. The van der Waals surface area contributed by atoms with Crippen LogP contribution < -0.4 is 5.32 Å². The normalized spacial score (nSPS) is 7.20. The molecular weight excluding hydrogens is 124 g/mol. The molecule has 0 aliphatic carbocycles. The van der Waals surface area contributed by atoms with Crippen molar-refractivity contribution in [2.75, 3.05) is 34.7 Å². The van der Waals surface area contributed by atoms with Crippen LogP contribution in [0, 0.1) is 0 Å². The summed E-state index contributed by atoms with van der Waals surface area (Å²) in [6.07, 6.45) is 0. The minimum Gasteiger partial charge on any atom is -0.323 e. The zero-order valence-electron chi connectivity index (χ0n) is 8.65. The molecule has 0 fully saturated rings. The molecule has 0 rings (SSSR count). The van der Waals surface area contributed by atoms with E-state index in [1.165, 1.54) is 0 Å². The molecular formula is C8H24N2. The van der Waals surface area contributed by atoms with Gasteiger partial charge in [-0.3, -0.25) is 0 Å². The Balaban J connectivity index is -0.0000000847. The maximum absolute atomic E-state index is 2.75. The Kier molecular flexibility index (Phi) is 38.1. The molecule has 10 heavy (non-hydrogen) atoms. The molecule has 2 nitrogen and oxygen atoms in total. The minimum atomic E-state index is 1.14. The highest BCUT2D eigenvalue weighted by atomic mass is 15.0. The second kappa shape index (κ2) is 23.1. The zero-order valence-corrected chi connectivity index (χ0v) is 8.65. The summed E-state index contributed by atoms with van der Waals surface area (Å²) in [7, 11) is 7.86. The molecule has 0 aromatic heterocycles. The smallest absolute Gasteiger partial charge is 0.00533 e. The van der Waals surface area contributed by atoms with Crippen molar-refractivity contribution < 1.29 is 0 Å². The second-order valence-electron chi connectivity index (χ2n) is 1.90. The zero-order chi connectivity index (χ0) is 8.99. The van der Waals surface area contributed by atoms with E-state index in [1.54, 1.807) is 0 Å². The Morgan fingerprint density at radius 3 is 1.20 bits per heavy atom. The van der Waals surface area contributed by atoms with Crippen LogP contribution in [0.4, 0.5) is 0 Å². The molecule has 66 valence electrons. The molecule has 2 heteroatoms. The Morgan fingerprint density at radius 1 is 1.10 bits per heavy atom. The summed E-state index contributed by atoms with van der Waals surface area (Å²) in [5.41, 5.74) is 0. The van der Waals surface area contributed by atoms with Gasteiger partial charge in [0.25, 0.3) is 0 Å². The van der Waals surface area contributed by atoms with Crippen molar-refractivity contribution in [3.63, 3.8) is 0 Å². The van der Waals surface area contributed by atoms with E-state index in [1.807, 2.05) is 27.9 Å². The number of hydrogen-bond acceptors (Lipinski definition) is 2. The van der Waals surface area contributed by atoms with Crippen LogP contribution in [0.1, 0.15) is 20.8 Å². The maximum Gasteiger partial charge on any atom is -0.00533 e. The molecule has 0 aliphatic heterocycles. The highest BCUT2D eigenvalue weighted by Crippen LogP contribution is 1.63. The van der Waals surface area contributed by atoms with Crippen LogP contribution >= 0.6 is 0 Å². The molecule has 0 aromatic rings. The van der Waals surface area contributed by atoms with Crippen LogP contribution in [0.5, 0.6) is 0 Å². The largest absolute Gasteiger partial charge is 0.323 e. The number of hydrogen-bond donors (Lipinski definition) is 1. The van der Waals surface area contributed by atoms with Gasteiger partial charge < -0.3 is 10.2 Å². The molecule has 0 saturated heterocycles. The van der Waals surface area contributed by atoms with Crippen molar-refractivity contribution in [2.24, 2.45) is 0 Å². The van der Waals surface area contributed by atoms with E-state index in [9.17, 15) is 0 Å². The van der Waals surface area contributed by atoms with E-state index in [2.05, 4.69) is 31.2 Å². The van der Waals surface area contributed by atoms with Crippen molar-refractivity contribution in [2.45, 2.75) is 20.8 Å². The molecule has 0 unspecified atom stereocenters. The standard InChI is InChI=1S/C4H11N.C2H7N.C2H6/c1-4-5(2)3;1-3-2;1-2/h4H2,1-3H3;3H,1-2H3;1-2H3. The van der Waals surface area contributed by atoms with Gasteiger partial charge in [0.15, 0.2) is 0 Å². The number of nitrogens with zero attached hydrogens (tertiary/aromatic N) is 1. The molecule has 0 heterocycles. The summed E-state index contributed by atoms with van der Waals surface area (Å²) in [6.45, 7) is 7.26. The monoisotopic (exact) mass is 148 g/mol. The van der Waals surface area contributed by atoms with Gasteiger partial charge in [-0.05, 0) is 34.7 Å². The average Bonchev–Trinajstić information content (AvgIpc) is 1.94. The predicted octanol–water partition coefficient (Wildman–Crippen LogP) is 1.43. The third kappa shape index (κ3) is 103. The fourth-order valence-electron chi connectivity index (χ4n) is 0. The molecule has 0 spiro atoms. The highest BCUT2D eigenvalue weighted by molar-refractivity contribution is 4.25. The van der Waals surface area contributed by atoms with Crippen LogP contribution in [0.15, 0.2) is 0 Å². The average molecular weight is 148 g/mol. The second-order valence-corrected chi connectivity index (χ2v) is 1.90. The molecule has 0 aromatic carbocycles. The lowest BCUT2D eigenvalue weighted by atomic mass is 10.7. The molecule has 0 saturated carbocycles. The lowest BCUT2D eigenvalue weighted by Crippen LogP contribution is -2.08.